The van der Waals surface area contributed by atoms with Gasteiger partial charge in [0.2, 0.25) is 0 Å². The quantitative estimate of drug-likeness (QED) is 0.541. The van der Waals surface area contributed by atoms with Crippen molar-refractivity contribution in [2.75, 3.05) is 56.1 Å². The Morgan fingerprint density at radius 2 is 1.87 bits per heavy atom. The maximum Gasteiger partial charge on any atom is 0.261 e. The molecule has 8 nitrogen and oxygen atoms in total. The molecule has 0 atom stereocenters. The lowest BCUT2D eigenvalue weighted by Crippen LogP contribution is -2.43. The van der Waals surface area contributed by atoms with E-state index in [2.05, 4.69) is 15.4 Å². The smallest absolute Gasteiger partial charge is 0.261 e. The number of methoxy groups -OCH3 is 1. The third-order valence-corrected chi connectivity index (χ3v) is 6.06. The molecule has 10 heteroatoms. The van der Waals surface area contributed by atoms with Crippen molar-refractivity contribution in [3.8, 4) is 0 Å². The number of halogens is 1. The monoisotopic (exact) mass is 436 g/mol. The number of hydrogen-bond donors (Lipinski definition) is 3. The molecule has 0 aliphatic carbocycles. The maximum absolute atomic E-state index is 13.2. The van der Waals surface area contributed by atoms with Crippen molar-refractivity contribution in [1.29, 1.82) is 0 Å². The summed E-state index contributed by atoms with van der Waals surface area (Å²) in [4.78, 5) is 14.4. The molecule has 0 unspecified atom stereocenters. The Kier molecular flexibility index (Phi) is 7.24. The number of amides is 1. The molecule has 2 aromatic carbocycles. The molecule has 1 aliphatic rings. The van der Waals surface area contributed by atoms with Crippen molar-refractivity contribution in [3.63, 3.8) is 0 Å². The predicted molar refractivity (Wildman–Crippen MR) is 113 cm³/mol. The highest BCUT2D eigenvalue weighted by Crippen LogP contribution is 2.30. The van der Waals surface area contributed by atoms with Crippen LogP contribution in [0.4, 0.5) is 15.8 Å². The largest absolute Gasteiger partial charge is 0.383 e. The maximum atomic E-state index is 13.2. The number of carbonyl (C=O) groups is 1. The SMILES string of the molecule is COCCNC(=O)c1ccc(N2CCNCC2)c(NS(=O)(=O)c2ccc(F)cc2)c1. The molecule has 1 saturated heterocycles. The average Bonchev–Trinajstić information content (AvgIpc) is 2.74. The van der Waals surface area contributed by atoms with Crippen molar-refractivity contribution in [2.24, 2.45) is 0 Å². The topological polar surface area (TPSA) is 99.8 Å². The van der Waals surface area contributed by atoms with Gasteiger partial charge in [0.1, 0.15) is 5.82 Å². The first-order chi connectivity index (χ1) is 14.4. The van der Waals surface area contributed by atoms with Crippen LogP contribution in [0.15, 0.2) is 47.4 Å². The average molecular weight is 437 g/mol. The Morgan fingerprint density at radius 3 is 2.53 bits per heavy atom. The molecule has 1 amide bonds. The van der Waals surface area contributed by atoms with Gasteiger partial charge >= 0.3 is 0 Å². The van der Waals surface area contributed by atoms with Crippen LogP contribution in [0.25, 0.3) is 0 Å². The van der Waals surface area contributed by atoms with Gasteiger partial charge in [-0.05, 0) is 42.5 Å². The minimum absolute atomic E-state index is 0.0647. The van der Waals surface area contributed by atoms with Crippen LogP contribution < -0.4 is 20.3 Å². The van der Waals surface area contributed by atoms with Crippen LogP contribution in [0.2, 0.25) is 0 Å². The van der Waals surface area contributed by atoms with E-state index in [4.69, 9.17) is 4.74 Å². The Morgan fingerprint density at radius 1 is 1.17 bits per heavy atom. The van der Waals surface area contributed by atoms with Gasteiger partial charge in [-0.25, -0.2) is 12.8 Å². The van der Waals surface area contributed by atoms with Gasteiger partial charge < -0.3 is 20.3 Å². The third kappa shape index (κ3) is 5.47. The van der Waals surface area contributed by atoms with Crippen LogP contribution in [0.5, 0.6) is 0 Å². The summed E-state index contributed by atoms with van der Waals surface area (Å²) in [6, 6.07) is 9.48. The summed E-state index contributed by atoms with van der Waals surface area (Å²) in [5.41, 5.74) is 1.29. The van der Waals surface area contributed by atoms with E-state index in [0.29, 0.717) is 43.2 Å². The molecule has 30 heavy (non-hydrogen) atoms. The van der Waals surface area contributed by atoms with Crippen molar-refractivity contribution in [3.05, 3.63) is 53.8 Å². The van der Waals surface area contributed by atoms with Crippen molar-refractivity contribution < 1.29 is 22.3 Å². The van der Waals surface area contributed by atoms with E-state index < -0.39 is 15.8 Å². The van der Waals surface area contributed by atoms with E-state index in [-0.39, 0.29) is 10.8 Å². The zero-order valence-corrected chi connectivity index (χ0v) is 17.5. The van der Waals surface area contributed by atoms with E-state index in [9.17, 15) is 17.6 Å². The van der Waals surface area contributed by atoms with Gasteiger partial charge in [0.25, 0.3) is 15.9 Å². The van der Waals surface area contributed by atoms with E-state index >= 15 is 0 Å². The second kappa shape index (κ2) is 9.88. The van der Waals surface area contributed by atoms with Crippen LogP contribution >= 0.6 is 0 Å². The zero-order chi connectivity index (χ0) is 21.6. The first-order valence-corrected chi connectivity index (χ1v) is 11.0. The molecular weight excluding hydrogens is 411 g/mol. The van der Waals surface area contributed by atoms with Gasteiger partial charge in [-0.1, -0.05) is 0 Å². The van der Waals surface area contributed by atoms with Crippen LogP contribution in [-0.2, 0) is 14.8 Å². The molecule has 1 heterocycles. The fourth-order valence-electron chi connectivity index (χ4n) is 3.13. The fourth-order valence-corrected chi connectivity index (χ4v) is 4.19. The number of rotatable bonds is 8. The molecular formula is C20H25FN4O4S. The number of hydrogen-bond acceptors (Lipinski definition) is 6. The number of carbonyl (C=O) groups excluding carboxylic acids is 1. The summed E-state index contributed by atoms with van der Waals surface area (Å²) in [5, 5.41) is 5.97. The first kappa shape index (κ1) is 22.0. The fraction of sp³-hybridized carbons (Fsp3) is 0.350. The molecule has 2 aromatic rings. The summed E-state index contributed by atoms with van der Waals surface area (Å²) in [7, 11) is -2.43. The third-order valence-electron chi connectivity index (χ3n) is 4.68. The molecule has 0 saturated carbocycles. The summed E-state index contributed by atoms with van der Waals surface area (Å²) < 4.78 is 46.4. The molecule has 0 aromatic heterocycles. The van der Waals surface area contributed by atoms with Crippen LogP contribution in [0.1, 0.15) is 10.4 Å². The lowest BCUT2D eigenvalue weighted by atomic mass is 10.1. The second-order valence-corrected chi connectivity index (χ2v) is 8.46. The predicted octanol–water partition coefficient (Wildman–Crippen LogP) is 1.41. The minimum Gasteiger partial charge on any atom is -0.383 e. The number of benzene rings is 2. The molecule has 0 spiro atoms. The minimum atomic E-state index is -3.97. The molecule has 162 valence electrons. The lowest BCUT2D eigenvalue weighted by molar-refractivity contribution is 0.0937. The highest BCUT2D eigenvalue weighted by molar-refractivity contribution is 7.92. The number of anilines is 2. The zero-order valence-electron chi connectivity index (χ0n) is 16.7. The highest BCUT2D eigenvalue weighted by Gasteiger charge is 2.21. The first-order valence-electron chi connectivity index (χ1n) is 9.56. The van der Waals surface area contributed by atoms with E-state index in [1.165, 1.54) is 25.3 Å². The number of nitrogens with zero attached hydrogens (tertiary/aromatic N) is 1. The molecule has 3 N–H and O–H groups in total. The molecule has 0 bridgehead atoms. The Balaban J connectivity index is 1.92. The Hall–Kier alpha value is -2.69. The Bertz CT molecular complexity index is 977. The number of sulfonamides is 1. The van der Waals surface area contributed by atoms with Crippen LogP contribution in [-0.4, -0.2) is 60.8 Å². The summed E-state index contributed by atoms with van der Waals surface area (Å²) in [6.07, 6.45) is 0. The normalized spacial score (nSPS) is 14.4. The summed E-state index contributed by atoms with van der Waals surface area (Å²) >= 11 is 0. The summed E-state index contributed by atoms with van der Waals surface area (Å²) in [6.45, 7) is 3.64. The highest BCUT2D eigenvalue weighted by atomic mass is 32.2. The van der Waals surface area contributed by atoms with Crippen molar-refractivity contribution in [1.82, 2.24) is 10.6 Å². The van der Waals surface area contributed by atoms with Crippen LogP contribution in [0, 0.1) is 5.82 Å². The van der Waals surface area contributed by atoms with Crippen molar-refractivity contribution >= 4 is 27.3 Å². The van der Waals surface area contributed by atoms with Gasteiger partial charge in [-0.15, -0.1) is 0 Å². The van der Waals surface area contributed by atoms with E-state index in [1.54, 1.807) is 12.1 Å². The Labute approximate surface area is 175 Å². The standard InChI is InChI=1S/C20H25FN4O4S/c1-29-13-10-23-20(26)15-2-7-19(25-11-8-22-9-12-25)18(14-15)24-30(27,28)17-5-3-16(21)4-6-17/h2-7,14,22,24H,8-13H2,1H3,(H,23,26). The summed E-state index contributed by atoms with van der Waals surface area (Å²) in [5.74, 6) is -0.855. The van der Waals surface area contributed by atoms with Gasteiger partial charge in [-0.3, -0.25) is 9.52 Å². The number of ether oxygens (including phenoxy) is 1. The van der Waals surface area contributed by atoms with Gasteiger partial charge in [0.15, 0.2) is 0 Å². The van der Waals surface area contributed by atoms with Crippen LogP contribution in [0.3, 0.4) is 0 Å². The van der Waals surface area contributed by atoms with E-state index in [0.717, 1.165) is 25.2 Å². The second-order valence-electron chi connectivity index (χ2n) is 6.78. The van der Waals surface area contributed by atoms with Gasteiger partial charge in [-0.2, -0.15) is 0 Å². The molecule has 1 fully saturated rings. The number of piperazine rings is 1. The molecule has 3 rings (SSSR count). The van der Waals surface area contributed by atoms with Crippen molar-refractivity contribution in [2.45, 2.75) is 4.90 Å². The molecule has 1 aliphatic heterocycles. The lowest BCUT2D eigenvalue weighted by Gasteiger charge is -2.31. The number of nitrogens with one attached hydrogen (secondary N) is 3. The van der Waals surface area contributed by atoms with E-state index in [1.807, 2.05) is 4.90 Å². The van der Waals surface area contributed by atoms with Gasteiger partial charge in [0, 0.05) is 45.4 Å². The molecule has 0 radical (unpaired) electrons. The van der Waals surface area contributed by atoms with Gasteiger partial charge in [0.05, 0.1) is 22.9 Å².